The van der Waals surface area contributed by atoms with Crippen molar-refractivity contribution < 1.29 is 29.0 Å². The predicted octanol–water partition coefficient (Wildman–Crippen LogP) is 4.01. The summed E-state index contributed by atoms with van der Waals surface area (Å²) in [4.78, 5) is 36.9. The maximum Gasteiger partial charge on any atom is 0.333 e. The van der Waals surface area contributed by atoms with Crippen LogP contribution in [0, 0.1) is 10.8 Å². The van der Waals surface area contributed by atoms with Crippen LogP contribution in [-0.2, 0) is 23.9 Å². The molecule has 0 aromatic carbocycles. The normalized spacial score (nSPS) is 16.3. The molecule has 0 fully saturated rings. The number of allylic oxidation sites excluding steroid dienone is 4. The van der Waals surface area contributed by atoms with Crippen LogP contribution in [0.25, 0.3) is 0 Å². The summed E-state index contributed by atoms with van der Waals surface area (Å²) in [5.74, 6) is -2.56. The van der Waals surface area contributed by atoms with Crippen molar-refractivity contribution in [2.24, 2.45) is 10.8 Å². The number of carboxylic acids is 1. The zero-order valence-corrected chi connectivity index (χ0v) is 17.2. The third kappa shape index (κ3) is 5.55. The summed E-state index contributed by atoms with van der Waals surface area (Å²) in [5.41, 5.74) is -3.09. The molecule has 6 heteroatoms. The topological polar surface area (TPSA) is 89.9 Å². The Kier molecular flexibility index (Phi) is 10.5. The number of carboxylic acid groups (broad SMARTS) is 1. The summed E-state index contributed by atoms with van der Waals surface area (Å²) in [6.45, 7) is 11.3. The van der Waals surface area contributed by atoms with Gasteiger partial charge in [-0.25, -0.2) is 4.79 Å². The molecule has 1 N–H and O–H groups in total. The fourth-order valence-corrected chi connectivity index (χ4v) is 2.85. The van der Waals surface area contributed by atoms with Crippen molar-refractivity contribution in [1.29, 1.82) is 0 Å². The highest BCUT2D eigenvalue weighted by atomic mass is 16.6. The van der Waals surface area contributed by atoms with Gasteiger partial charge in [-0.15, -0.1) is 0 Å². The quantitative estimate of drug-likeness (QED) is 0.248. The lowest BCUT2D eigenvalue weighted by molar-refractivity contribution is -0.164. The lowest BCUT2D eigenvalue weighted by Crippen LogP contribution is -2.49. The Morgan fingerprint density at radius 2 is 1.21 bits per heavy atom. The highest BCUT2D eigenvalue weighted by Crippen LogP contribution is 2.47. The average Bonchev–Trinajstić information content (AvgIpc) is 2.63. The van der Waals surface area contributed by atoms with Crippen LogP contribution < -0.4 is 0 Å². The highest BCUT2D eigenvalue weighted by Gasteiger charge is 2.56. The van der Waals surface area contributed by atoms with Gasteiger partial charge in [0.05, 0.1) is 0 Å². The van der Waals surface area contributed by atoms with Gasteiger partial charge in [-0.3, -0.25) is 9.59 Å². The van der Waals surface area contributed by atoms with Crippen molar-refractivity contribution in [1.82, 2.24) is 0 Å². The first-order valence-electron chi connectivity index (χ1n) is 8.97. The zero-order valence-electron chi connectivity index (χ0n) is 17.2. The summed E-state index contributed by atoms with van der Waals surface area (Å²) in [6, 6.07) is 0. The third-order valence-corrected chi connectivity index (χ3v) is 3.99. The van der Waals surface area contributed by atoms with E-state index in [2.05, 4.69) is 6.58 Å². The van der Waals surface area contributed by atoms with Crippen LogP contribution in [0.2, 0.25) is 0 Å². The van der Waals surface area contributed by atoms with E-state index < -0.39 is 28.7 Å². The Morgan fingerprint density at radius 1 is 0.821 bits per heavy atom. The van der Waals surface area contributed by atoms with Gasteiger partial charge in [-0.2, -0.15) is 0 Å². The van der Waals surface area contributed by atoms with E-state index in [-0.39, 0.29) is 18.8 Å². The van der Waals surface area contributed by atoms with Gasteiger partial charge in [0.1, 0.15) is 24.0 Å². The highest BCUT2D eigenvalue weighted by molar-refractivity contribution is 5.94. The van der Waals surface area contributed by atoms with Gasteiger partial charge >= 0.3 is 17.9 Å². The van der Waals surface area contributed by atoms with Gasteiger partial charge in [0, 0.05) is 5.57 Å². The summed E-state index contributed by atoms with van der Waals surface area (Å²) < 4.78 is 10.2. The van der Waals surface area contributed by atoms with Crippen LogP contribution in [-0.4, -0.2) is 36.2 Å². The molecule has 0 rings (SSSR count). The van der Waals surface area contributed by atoms with Gasteiger partial charge in [0.15, 0.2) is 0 Å². The molecule has 154 valence electrons. The number of hydrogen-bond donors (Lipinski definition) is 1. The first-order valence-corrected chi connectivity index (χ1v) is 8.97. The maximum absolute atomic E-state index is 13.1. The van der Waals surface area contributed by atoms with Crippen LogP contribution in [0.3, 0.4) is 0 Å². The summed E-state index contributed by atoms with van der Waals surface area (Å²) in [6.07, 6.45) is 12.3. The molecule has 0 saturated carbocycles. The molecule has 0 aliphatic carbocycles. The Labute approximate surface area is 166 Å². The number of esters is 2. The molecule has 0 aromatic rings. The van der Waals surface area contributed by atoms with Crippen molar-refractivity contribution in [2.75, 3.05) is 13.2 Å². The predicted molar refractivity (Wildman–Crippen MR) is 108 cm³/mol. The molecule has 0 saturated heterocycles. The molecular weight excluding hydrogens is 360 g/mol. The first-order chi connectivity index (χ1) is 13.2. The van der Waals surface area contributed by atoms with Crippen LogP contribution >= 0.6 is 0 Å². The molecule has 0 bridgehead atoms. The van der Waals surface area contributed by atoms with E-state index in [4.69, 9.17) is 9.47 Å². The lowest BCUT2D eigenvalue weighted by Gasteiger charge is -2.39. The van der Waals surface area contributed by atoms with Crippen LogP contribution in [0.4, 0.5) is 0 Å². The second-order valence-corrected chi connectivity index (χ2v) is 6.10. The molecule has 0 spiro atoms. The Balaban J connectivity index is 6.08. The summed E-state index contributed by atoms with van der Waals surface area (Å²) >= 11 is 0. The van der Waals surface area contributed by atoms with E-state index >= 15 is 0 Å². The van der Waals surface area contributed by atoms with Crippen molar-refractivity contribution in [3.63, 3.8) is 0 Å². The third-order valence-electron chi connectivity index (χ3n) is 3.99. The van der Waals surface area contributed by atoms with Gasteiger partial charge in [0.25, 0.3) is 0 Å². The standard InChI is InChI=1S/C22H30O6/c1-7-11-21(12-8-2,19(24)25)22(13-9-3,14-10-4)20(26)28-16-15-27-18(23)17(5)6/h7-14H,5,15-16H2,1-4,6H3,(H,24,25). The molecule has 0 aliphatic rings. The minimum Gasteiger partial charge on any atom is -0.480 e. The number of carbonyl (C=O) groups is 3. The first kappa shape index (κ1) is 25.1. The molecule has 0 radical (unpaired) electrons. The van der Waals surface area contributed by atoms with Crippen molar-refractivity contribution in [3.05, 3.63) is 60.8 Å². The fourth-order valence-electron chi connectivity index (χ4n) is 2.85. The van der Waals surface area contributed by atoms with E-state index in [0.29, 0.717) is 0 Å². The average molecular weight is 390 g/mol. The molecule has 6 nitrogen and oxygen atoms in total. The molecule has 0 atom stereocenters. The van der Waals surface area contributed by atoms with Gasteiger partial charge in [-0.1, -0.05) is 55.2 Å². The SMILES string of the molecule is C=C(C)C(=O)OCCOC(=O)C(C=CC)(C=CC)C(C=CC)(C=CC)C(=O)O. The van der Waals surface area contributed by atoms with Crippen LogP contribution in [0.5, 0.6) is 0 Å². The molecule has 0 unspecified atom stereocenters. The second kappa shape index (κ2) is 11.7. The number of ether oxygens (including phenoxy) is 2. The van der Waals surface area contributed by atoms with Gasteiger partial charge < -0.3 is 14.6 Å². The van der Waals surface area contributed by atoms with Gasteiger partial charge in [0.2, 0.25) is 0 Å². The molecule has 0 heterocycles. The monoisotopic (exact) mass is 390 g/mol. The smallest absolute Gasteiger partial charge is 0.333 e. The summed E-state index contributed by atoms with van der Waals surface area (Å²) in [7, 11) is 0. The van der Waals surface area contributed by atoms with E-state index in [1.54, 1.807) is 52.0 Å². The lowest BCUT2D eigenvalue weighted by atomic mass is 9.62. The Morgan fingerprint density at radius 3 is 1.57 bits per heavy atom. The summed E-state index contributed by atoms with van der Waals surface area (Å²) in [5, 5.41) is 10.1. The second-order valence-electron chi connectivity index (χ2n) is 6.10. The van der Waals surface area contributed by atoms with E-state index in [9.17, 15) is 19.5 Å². The Hall–Kier alpha value is -2.89. The molecule has 0 aliphatic heterocycles. The van der Waals surface area contributed by atoms with Gasteiger partial charge in [-0.05, 0) is 34.6 Å². The van der Waals surface area contributed by atoms with E-state index in [1.807, 2.05) is 0 Å². The van der Waals surface area contributed by atoms with Crippen molar-refractivity contribution in [3.8, 4) is 0 Å². The number of hydrogen-bond acceptors (Lipinski definition) is 5. The molecular formula is C22H30O6. The molecule has 0 amide bonds. The van der Waals surface area contributed by atoms with E-state index in [0.717, 1.165) is 0 Å². The minimum absolute atomic E-state index is 0.160. The number of rotatable bonds is 11. The number of carbonyl (C=O) groups excluding carboxylic acids is 2. The van der Waals surface area contributed by atoms with Crippen LogP contribution in [0.15, 0.2) is 60.8 Å². The fraction of sp³-hybridized carbons (Fsp3) is 0.409. The zero-order chi connectivity index (χ0) is 21.8. The maximum atomic E-state index is 13.1. The van der Waals surface area contributed by atoms with Crippen LogP contribution in [0.1, 0.15) is 34.6 Å². The molecule has 28 heavy (non-hydrogen) atoms. The van der Waals surface area contributed by atoms with Crippen molar-refractivity contribution >= 4 is 17.9 Å². The Bertz CT molecular complexity index is 670. The van der Waals surface area contributed by atoms with E-state index in [1.165, 1.54) is 31.2 Å². The largest absolute Gasteiger partial charge is 0.480 e. The number of aliphatic carboxylic acids is 1. The minimum atomic E-state index is -1.69. The van der Waals surface area contributed by atoms with Crippen molar-refractivity contribution in [2.45, 2.75) is 34.6 Å². The molecule has 0 aromatic heterocycles.